The summed E-state index contributed by atoms with van der Waals surface area (Å²) in [6.07, 6.45) is 1.35. The second-order valence-corrected chi connectivity index (χ2v) is 5.69. The summed E-state index contributed by atoms with van der Waals surface area (Å²) in [5, 5.41) is 2.89. The van der Waals surface area contributed by atoms with Gasteiger partial charge in [-0.3, -0.25) is 9.59 Å². The van der Waals surface area contributed by atoms with Gasteiger partial charge in [-0.15, -0.1) is 0 Å². The van der Waals surface area contributed by atoms with Crippen LogP contribution in [-0.4, -0.2) is 24.9 Å². The van der Waals surface area contributed by atoms with Crippen molar-refractivity contribution in [3.05, 3.63) is 66.2 Å². The van der Waals surface area contributed by atoms with Gasteiger partial charge in [0.2, 0.25) is 11.8 Å². The predicted octanol–water partition coefficient (Wildman–Crippen LogP) is 2.40. The van der Waals surface area contributed by atoms with E-state index in [0.717, 1.165) is 12.1 Å². The molecule has 0 aliphatic carbocycles. The Hall–Kier alpha value is -2.62. The Kier molecular flexibility index (Phi) is 4.71. The van der Waals surface area contributed by atoms with E-state index in [-0.39, 0.29) is 11.8 Å². The van der Waals surface area contributed by atoms with Crippen LogP contribution in [0, 0.1) is 5.92 Å². The van der Waals surface area contributed by atoms with Gasteiger partial charge in [-0.25, -0.2) is 0 Å². The molecule has 0 radical (unpaired) electrons. The number of hydrogen-bond acceptors (Lipinski definition) is 2. The fraction of sp³-hybridized carbons (Fsp3) is 0.263. The topological polar surface area (TPSA) is 49.4 Å². The molecule has 4 heteroatoms. The molecule has 23 heavy (non-hydrogen) atoms. The summed E-state index contributed by atoms with van der Waals surface area (Å²) < 4.78 is 0. The molecule has 0 spiro atoms. The number of rotatable bonds is 5. The molecule has 0 bridgehead atoms. The molecule has 0 unspecified atom stereocenters. The summed E-state index contributed by atoms with van der Waals surface area (Å²) in [5.41, 5.74) is 2.04. The Labute approximate surface area is 136 Å². The zero-order valence-electron chi connectivity index (χ0n) is 12.9. The summed E-state index contributed by atoms with van der Waals surface area (Å²) in [6.45, 7) is 1.15. The zero-order valence-corrected chi connectivity index (χ0v) is 12.9. The molecule has 3 rings (SSSR count). The molecule has 4 nitrogen and oxygen atoms in total. The van der Waals surface area contributed by atoms with Crippen LogP contribution in [-0.2, 0) is 16.0 Å². The fourth-order valence-electron chi connectivity index (χ4n) is 2.89. The first-order valence-corrected chi connectivity index (χ1v) is 7.94. The molecule has 2 aromatic rings. The zero-order chi connectivity index (χ0) is 16.1. The highest BCUT2D eigenvalue weighted by atomic mass is 16.2. The van der Waals surface area contributed by atoms with Crippen LogP contribution in [0.4, 0.5) is 5.69 Å². The molecule has 1 aliphatic heterocycles. The maximum Gasteiger partial charge on any atom is 0.239 e. The lowest BCUT2D eigenvalue weighted by atomic mass is 10.1. The molecule has 0 aromatic heterocycles. The van der Waals surface area contributed by atoms with E-state index >= 15 is 0 Å². The normalized spacial score (nSPS) is 17.3. The second kappa shape index (κ2) is 7.09. The van der Waals surface area contributed by atoms with Gasteiger partial charge >= 0.3 is 0 Å². The maximum absolute atomic E-state index is 12.4. The standard InChI is InChI=1S/C19H20N2O2/c22-18(20-13-11-15-7-3-1-4-8-15)17-12-14-21(19(17)23)16-9-5-2-6-10-16/h1-10,17H,11-14H2,(H,20,22)/t17-/m1/s1. The summed E-state index contributed by atoms with van der Waals surface area (Å²) in [6, 6.07) is 19.5. The molecule has 2 aromatic carbocycles. The van der Waals surface area contributed by atoms with Crippen LogP contribution in [0.1, 0.15) is 12.0 Å². The lowest BCUT2D eigenvalue weighted by Crippen LogP contribution is -2.37. The minimum atomic E-state index is -0.564. The maximum atomic E-state index is 12.4. The van der Waals surface area contributed by atoms with E-state index in [4.69, 9.17) is 0 Å². The monoisotopic (exact) mass is 308 g/mol. The van der Waals surface area contributed by atoms with Gasteiger partial charge in [0.15, 0.2) is 0 Å². The molecular formula is C19H20N2O2. The van der Waals surface area contributed by atoms with Gasteiger partial charge in [-0.1, -0.05) is 48.5 Å². The fourth-order valence-corrected chi connectivity index (χ4v) is 2.89. The number of nitrogens with zero attached hydrogens (tertiary/aromatic N) is 1. The highest BCUT2D eigenvalue weighted by molar-refractivity contribution is 6.09. The summed E-state index contributed by atoms with van der Waals surface area (Å²) >= 11 is 0. The van der Waals surface area contributed by atoms with Crippen LogP contribution in [0.25, 0.3) is 0 Å². The van der Waals surface area contributed by atoms with Crippen LogP contribution < -0.4 is 10.2 Å². The molecule has 2 amide bonds. The van der Waals surface area contributed by atoms with Crippen molar-refractivity contribution >= 4 is 17.5 Å². The predicted molar refractivity (Wildman–Crippen MR) is 90.1 cm³/mol. The molecule has 1 heterocycles. The van der Waals surface area contributed by atoms with E-state index in [1.807, 2.05) is 60.7 Å². The van der Waals surface area contributed by atoms with Crippen LogP contribution in [0.15, 0.2) is 60.7 Å². The molecule has 0 saturated carbocycles. The van der Waals surface area contributed by atoms with E-state index in [1.165, 1.54) is 5.56 Å². The van der Waals surface area contributed by atoms with Crippen molar-refractivity contribution in [1.82, 2.24) is 5.32 Å². The van der Waals surface area contributed by atoms with Gasteiger partial charge in [0.1, 0.15) is 5.92 Å². The highest BCUT2D eigenvalue weighted by Gasteiger charge is 2.37. The van der Waals surface area contributed by atoms with Crippen molar-refractivity contribution < 1.29 is 9.59 Å². The van der Waals surface area contributed by atoms with Gasteiger partial charge in [0.05, 0.1) is 0 Å². The van der Waals surface area contributed by atoms with Crippen LogP contribution in [0.2, 0.25) is 0 Å². The third-order valence-electron chi connectivity index (χ3n) is 4.15. The average Bonchev–Trinajstić information content (AvgIpc) is 2.98. The number of nitrogens with one attached hydrogen (secondary N) is 1. The number of carbonyl (C=O) groups is 2. The smallest absolute Gasteiger partial charge is 0.239 e. The molecule has 1 saturated heterocycles. The van der Waals surface area contributed by atoms with E-state index < -0.39 is 5.92 Å². The van der Waals surface area contributed by atoms with Crippen molar-refractivity contribution in [3.8, 4) is 0 Å². The largest absolute Gasteiger partial charge is 0.355 e. The van der Waals surface area contributed by atoms with Gasteiger partial charge in [0, 0.05) is 18.8 Å². The van der Waals surface area contributed by atoms with E-state index in [9.17, 15) is 9.59 Å². The number of anilines is 1. The Morgan fingerprint density at radius 1 is 1.04 bits per heavy atom. The minimum absolute atomic E-state index is 0.103. The Bertz CT molecular complexity index is 670. The third kappa shape index (κ3) is 3.59. The van der Waals surface area contributed by atoms with Crippen molar-refractivity contribution in [2.24, 2.45) is 5.92 Å². The third-order valence-corrected chi connectivity index (χ3v) is 4.15. The first kappa shape index (κ1) is 15.3. The molecule has 1 N–H and O–H groups in total. The molecule has 1 atom stereocenters. The molecule has 1 fully saturated rings. The number of carbonyl (C=O) groups excluding carboxylic acids is 2. The summed E-state index contributed by atoms with van der Waals surface area (Å²) in [4.78, 5) is 26.4. The summed E-state index contributed by atoms with van der Waals surface area (Å²) in [5.74, 6) is -0.830. The first-order valence-electron chi connectivity index (χ1n) is 7.94. The van der Waals surface area contributed by atoms with Crippen molar-refractivity contribution in [1.29, 1.82) is 0 Å². The van der Waals surface area contributed by atoms with E-state index in [1.54, 1.807) is 4.90 Å². The van der Waals surface area contributed by atoms with Crippen molar-refractivity contribution in [2.75, 3.05) is 18.0 Å². The van der Waals surface area contributed by atoms with Gasteiger partial charge < -0.3 is 10.2 Å². The Balaban J connectivity index is 1.53. The minimum Gasteiger partial charge on any atom is -0.355 e. The van der Waals surface area contributed by atoms with E-state index in [0.29, 0.717) is 19.5 Å². The lowest BCUT2D eigenvalue weighted by molar-refractivity contribution is -0.132. The highest BCUT2D eigenvalue weighted by Crippen LogP contribution is 2.24. The molecule has 118 valence electrons. The number of amides is 2. The average molecular weight is 308 g/mol. The van der Waals surface area contributed by atoms with Crippen molar-refractivity contribution in [2.45, 2.75) is 12.8 Å². The van der Waals surface area contributed by atoms with E-state index in [2.05, 4.69) is 5.32 Å². The SMILES string of the molecule is O=C(NCCc1ccccc1)[C@H]1CCN(c2ccccc2)C1=O. The molecular weight excluding hydrogens is 288 g/mol. The number of benzene rings is 2. The van der Waals surface area contributed by atoms with Gasteiger partial charge in [0.25, 0.3) is 0 Å². The Morgan fingerprint density at radius 3 is 2.39 bits per heavy atom. The Morgan fingerprint density at radius 2 is 1.70 bits per heavy atom. The number of para-hydroxylation sites is 1. The van der Waals surface area contributed by atoms with Gasteiger partial charge in [-0.05, 0) is 30.5 Å². The first-order chi connectivity index (χ1) is 11.3. The second-order valence-electron chi connectivity index (χ2n) is 5.69. The summed E-state index contributed by atoms with van der Waals surface area (Å²) in [7, 11) is 0. The number of hydrogen-bond donors (Lipinski definition) is 1. The lowest BCUT2D eigenvalue weighted by Gasteiger charge is -2.16. The molecule has 1 aliphatic rings. The van der Waals surface area contributed by atoms with Crippen LogP contribution in [0.5, 0.6) is 0 Å². The van der Waals surface area contributed by atoms with Crippen molar-refractivity contribution in [3.63, 3.8) is 0 Å². The van der Waals surface area contributed by atoms with Gasteiger partial charge in [-0.2, -0.15) is 0 Å². The van der Waals surface area contributed by atoms with Crippen LogP contribution >= 0.6 is 0 Å². The quantitative estimate of drug-likeness (QED) is 0.862. The van der Waals surface area contributed by atoms with Crippen LogP contribution in [0.3, 0.4) is 0 Å².